The Labute approximate surface area is 98.0 Å². The normalized spacial score (nSPS) is 11.8. The molecule has 0 amide bonds. The van der Waals surface area contributed by atoms with E-state index in [-0.39, 0.29) is 5.54 Å². The van der Waals surface area contributed by atoms with E-state index in [0.717, 1.165) is 25.3 Å². The Morgan fingerprint density at radius 2 is 2.12 bits per heavy atom. The second-order valence-electron chi connectivity index (χ2n) is 4.90. The third-order valence-corrected chi connectivity index (χ3v) is 2.45. The Balaban J connectivity index is 2.61. The molecule has 0 radical (unpaired) electrons. The molecule has 1 N–H and O–H groups in total. The number of nitrogens with one attached hydrogen (secondary N) is 1. The van der Waals surface area contributed by atoms with Crippen LogP contribution in [0.4, 0.5) is 0 Å². The van der Waals surface area contributed by atoms with Crippen molar-refractivity contribution in [3.05, 3.63) is 11.9 Å². The standard InChI is InChI=1S/C12H23N3O/c1-6-15-10(11(16-5)9-14-15)7-8-13-12(2,3)4/h9,13H,6-8H2,1-5H3. The number of nitrogens with zero attached hydrogens (tertiary/aromatic N) is 2. The summed E-state index contributed by atoms with van der Waals surface area (Å²) in [6.07, 6.45) is 2.73. The predicted molar refractivity (Wildman–Crippen MR) is 65.9 cm³/mol. The van der Waals surface area contributed by atoms with Crippen molar-refractivity contribution in [3.8, 4) is 5.75 Å². The largest absolute Gasteiger partial charge is 0.493 e. The third kappa shape index (κ3) is 3.52. The number of rotatable bonds is 5. The molecule has 0 bridgehead atoms. The first kappa shape index (κ1) is 13.0. The van der Waals surface area contributed by atoms with Gasteiger partial charge < -0.3 is 10.1 Å². The van der Waals surface area contributed by atoms with E-state index in [4.69, 9.17) is 4.74 Å². The predicted octanol–water partition coefficient (Wildman–Crippen LogP) is 1.84. The Kier molecular flexibility index (Phi) is 4.35. The SMILES string of the molecule is CCn1ncc(OC)c1CCNC(C)(C)C. The number of methoxy groups -OCH3 is 1. The average Bonchev–Trinajstić information content (AvgIpc) is 2.58. The van der Waals surface area contributed by atoms with Crippen molar-refractivity contribution >= 4 is 0 Å². The first-order valence-electron chi connectivity index (χ1n) is 5.81. The third-order valence-electron chi connectivity index (χ3n) is 2.45. The van der Waals surface area contributed by atoms with Crippen molar-refractivity contribution in [2.75, 3.05) is 13.7 Å². The van der Waals surface area contributed by atoms with Gasteiger partial charge in [-0.3, -0.25) is 4.68 Å². The van der Waals surface area contributed by atoms with Crippen LogP contribution in [0.1, 0.15) is 33.4 Å². The summed E-state index contributed by atoms with van der Waals surface area (Å²) in [7, 11) is 1.69. The van der Waals surface area contributed by atoms with Crippen molar-refractivity contribution in [2.24, 2.45) is 0 Å². The lowest BCUT2D eigenvalue weighted by atomic mass is 10.1. The summed E-state index contributed by atoms with van der Waals surface area (Å²) >= 11 is 0. The van der Waals surface area contributed by atoms with Crippen molar-refractivity contribution in [1.82, 2.24) is 15.1 Å². The quantitative estimate of drug-likeness (QED) is 0.831. The van der Waals surface area contributed by atoms with Gasteiger partial charge in [0, 0.05) is 25.0 Å². The molecular weight excluding hydrogens is 202 g/mol. The summed E-state index contributed by atoms with van der Waals surface area (Å²) in [4.78, 5) is 0. The van der Waals surface area contributed by atoms with Crippen LogP contribution in [0.25, 0.3) is 0 Å². The summed E-state index contributed by atoms with van der Waals surface area (Å²) in [6, 6.07) is 0. The van der Waals surface area contributed by atoms with E-state index in [1.807, 2.05) is 4.68 Å². The average molecular weight is 225 g/mol. The molecule has 1 aromatic heterocycles. The van der Waals surface area contributed by atoms with Crippen LogP contribution in [0.5, 0.6) is 5.75 Å². The van der Waals surface area contributed by atoms with E-state index < -0.39 is 0 Å². The maximum Gasteiger partial charge on any atom is 0.159 e. The fourth-order valence-electron chi connectivity index (χ4n) is 1.64. The van der Waals surface area contributed by atoms with Gasteiger partial charge >= 0.3 is 0 Å². The maximum absolute atomic E-state index is 5.30. The minimum atomic E-state index is 0.157. The van der Waals surface area contributed by atoms with Gasteiger partial charge in [0.25, 0.3) is 0 Å². The molecule has 4 nitrogen and oxygen atoms in total. The molecule has 16 heavy (non-hydrogen) atoms. The monoisotopic (exact) mass is 225 g/mol. The molecule has 0 unspecified atom stereocenters. The molecule has 0 saturated heterocycles. The van der Waals surface area contributed by atoms with Crippen LogP contribution >= 0.6 is 0 Å². The second kappa shape index (κ2) is 5.34. The van der Waals surface area contributed by atoms with E-state index >= 15 is 0 Å². The molecule has 0 aliphatic rings. The molecule has 0 atom stereocenters. The van der Waals surface area contributed by atoms with Crippen molar-refractivity contribution in [2.45, 2.75) is 46.2 Å². The molecule has 0 aromatic carbocycles. The Hall–Kier alpha value is -1.03. The van der Waals surface area contributed by atoms with E-state index in [9.17, 15) is 0 Å². The summed E-state index contributed by atoms with van der Waals surface area (Å²) in [6.45, 7) is 10.4. The minimum Gasteiger partial charge on any atom is -0.493 e. The molecule has 1 heterocycles. The molecule has 92 valence electrons. The first-order valence-corrected chi connectivity index (χ1v) is 5.81. The molecule has 0 spiro atoms. The van der Waals surface area contributed by atoms with Crippen molar-refractivity contribution in [3.63, 3.8) is 0 Å². The highest BCUT2D eigenvalue weighted by Gasteiger charge is 2.12. The molecular formula is C12H23N3O. The second-order valence-corrected chi connectivity index (χ2v) is 4.90. The molecule has 0 aliphatic heterocycles. The zero-order valence-electron chi connectivity index (χ0n) is 11.0. The fraction of sp³-hybridized carbons (Fsp3) is 0.750. The molecule has 0 fully saturated rings. The van der Waals surface area contributed by atoms with Gasteiger partial charge in [-0.15, -0.1) is 0 Å². The van der Waals surface area contributed by atoms with Gasteiger partial charge in [0.1, 0.15) is 0 Å². The van der Waals surface area contributed by atoms with Crippen LogP contribution in [-0.4, -0.2) is 29.0 Å². The van der Waals surface area contributed by atoms with Crippen LogP contribution in [0.3, 0.4) is 0 Å². The fourth-order valence-corrected chi connectivity index (χ4v) is 1.64. The summed E-state index contributed by atoms with van der Waals surface area (Å²) in [5, 5.41) is 7.75. The first-order chi connectivity index (χ1) is 7.48. The van der Waals surface area contributed by atoms with E-state index in [2.05, 4.69) is 38.1 Å². The number of ether oxygens (including phenoxy) is 1. The van der Waals surface area contributed by atoms with Gasteiger partial charge in [-0.05, 0) is 27.7 Å². The van der Waals surface area contributed by atoms with Gasteiger partial charge in [0.05, 0.1) is 19.0 Å². The van der Waals surface area contributed by atoms with Gasteiger partial charge in [0.2, 0.25) is 0 Å². The summed E-state index contributed by atoms with van der Waals surface area (Å²) < 4.78 is 7.29. The van der Waals surface area contributed by atoms with Crippen LogP contribution < -0.4 is 10.1 Å². The lowest BCUT2D eigenvalue weighted by Gasteiger charge is -2.20. The molecule has 1 aromatic rings. The number of hydrogen-bond donors (Lipinski definition) is 1. The Morgan fingerprint density at radius 3 is 2.62 bits per heavy atom. The highest BCUT2D eigenvalue weighted by Crippen LogP contribution is 2.17. The molecule has 0 saturated carbocycles. The van der Waals surface area contributed by atoms with Gasteiger partial charge in [0.15, 0.2) is 5.75 Å². The number of aromatic nitrogens is 2. The number of aryl methyl sites for hydroxylation is 1. The van der Waals surface area contributed by atoms with Crippen LogP contribution in [0.2, 0.25) is 0 Å². The zero-order valence-corrected chi connectivity index (χ0v) is 11.0. The Morgan fingerprint density at radius 1 is 1.44 bits per heavy atom. The van der Waals surface area contributed by atoms with Gasteiger partial charge in [-0.1, -0.05) is 0 Å². The van der Waals surface area contributed by atoms with Crippen LogP contribution in [0, 0.1) is 0 Å². The number of hydrogen-bond acceptors (Lipinski definition) is 3. The van der Waals surface area contributed by atoms with Crippen molar-refractivity contribution in [1.29, 1.82) is 0 Å². The highest BCUT2D eigenvalue weighted by molar-refractivity contribution is 5.25. The lowest BCUT2D eigenvalue weighted by Crippen LogP contribution is -2.37. The highest BCUT2D eigenvalue weighted by atomic mass is 16.5. The smallest absolute Gasteiger partial charge is 0.159 e. The summed E-state index contributed by atoms with van der Waals surface area (Å²) in [5.41, 5.74) is 1.33. The zero-order chi connectivity index (χ0) is 12.2. The maximum atomic E-state index is 5.30. The molecule has 4 heteroatoms. The van der Waals surface area contributed by atoms with Crippen molar-refractivity contribution < 1.29 is 4.74 Å². The Bertz CT molecular complexity index is 304. The molecule has 1 rings (SSSR count). The van der Waals surface area contributed by atoms with E-state index in [1.165, 1.54) is 5.69 Å². The minimum absolute atomic E-state index is 0.157. The topological polar surface area (TPSA) is 39.1 Å². The molecule has 0 aliphatic carbocycles. The summed E-state index contributed by atoms with van der Waals surface area (Å²) in [5.74, 6) is 0.887. The lowest BCUT2D eigenvalue weighted by molar-refractivity contribution is 0.398. The van der Waals surface area contributed by atoms with Gasteiger partial charge in [-0.25, -0.2) is 0 Å². The van der Waals surface area contributed by atoms with Crippen LogP contribution in [0.15, 0.2) is 6.20 Å². The van der Waals surface area contributed by atoms with Gasteiger partial charge in [-0.2, -0.15) is 5.10 Å². The van der Waals surface area contributed by atoms with Crippen LogP contribution in [-0.2, 0) is 13.0 Å². The van der Waals surface area contributed by atoms with E-state index in [1.54, 1.807) is 13.3 Å². The van der Waals surface area contributed by atoms with E-state index in [0.29, 0.717) is 0 Å².